The van der Waals surface area contributed by atoms with Crippen LogP contribution in [0, 0.1) is 0 Å². The lowest BCUT2D eigenvalue weighted by Crippen LogP contribution is -2.11. The van der Waals surface area contributed by atoms with Crippen molar-refractivity contribution in [3.8, 4) is 0 Å². The normalized spacial score (nSPS) is 10.6. The van der Waals surface area contributed by atoms with Gasteiger partial charge in [-0.15, -0.1) is 0 Å². The molecular weight excluding hydrogens is 791 g/mol. The lowest BCUT2D eigenvalue weighted by molar-refractivity contribution is 0.588. The average Bonchev–Trinajstić information content (AvgIpc) is 3.30. The monoisotopic (exact) mass is 878 g/mol. The van der Waals surface area contributed by atoms with Crippen LogP contribution in [0.4, 0.5) is 0 Å². The second-order valence-electron chi connectivity index (χ2n) is 18.5. The molecule has 0 bridgehead atoms. The third kappa shape index (κ3) is 19.2. The van der Waals surface area contributed by atoms with Gasteiger partial charge in [0.2, 0.25) is 0 Å². The minimum atomic E-state index is 0. The minimum absolute atomic E-state index is 0. The van der Waals surface area contributed by atoms with Crippen molar-refractivity contribution < 1.29 is 0 Å². The van der Waals surface area contributed by atoms with E-state index >= 15 is 0 Å². The van der Waals surface area contributed by atoms with E-state index in [1.54, 1.807) is 6.20 Å². The number of rotatable bonds is 0. The number of nitrogens with zero attached hydrogens (tertiary/aromatic N) is 5. The molecule has 0 spiro atoms. The molecule has 0 atom stereocenters. The summed E-state index contributed by atoms with van der Waals surface area (Å²) in [6.45, 7) is 42.4. The summed E-state index contributed by atoms with van der Waals surface area (Å²) in [5, 5.41) is 3.67. The van der Waals surface area contributed by atoms with Gasteiger partial charge in [-0.05, 0) is 98.5 Å². The molecule has 0 saturated carbocycles. The van der Waals surface area contributed by atoms with E-state index in [1.165, 1.54) is 38.4 Å². The molecule has 0 N–H and O–H groups in total. The number of hydrogen-bond acceptors (Lipinski definition) is 5. The first-order valence-electron chi connectivity index (χ1n) is 23.6. The largest absolute Gasteiger partial charge is 0.256 e. The van der Waals surface area contributed by atoms with E-state index in [1.807, 2.05) is 129 Å². The van der Waals surface area contributed by atoms with Gasteiger partial charge in [-0.1, -0.05) is 200 Å². The second-order valence-corrected chi connectivity index (χ2v) is 18.5. The molecule has 8 rings (SSSR count). The van der Waals surface area contributed by atoms with Crippen LogP contribution >= 0.6 is 0 Å². The fourth-order valence-corrected chi connectivity index (χ4v) is 5.81. The topological polar surface area (TPSA) is 64.5 Å². The first-order valence-corrected chi connectivity index (χ1v) is 23.6. The van der Waals surface area contributed by atoms with Crippen LogP contribution in [0.15, 0.2) is 140 Å². The van der Waals surface area contributed by atoms with E-state index < -0.39 is 0 Å². The standard InChI is InChI=1S/3C13H15N.C12H14N2.4C2H6.CH4/c3*1-13(2,3)11-8-10-6-4-5-7-12(10)14-9-11;1-12(2,3)9-7-11-10(14-8-9)5-4-6-13-11;4*1-2;/h3*4-9H,1-3H3;4-8H,1-3H3;4*1-2H3;1H4. The fourth-order valence-electron chi connectivity index (χ4n) is 5.81. The van der Waals surface area contributed by atoms with E-state index in [4.69, 9.17) is 0 Å². The summed E-state index contributed by atoms with van der Waals surface area (Å²) in [4.78, 5) is 22.0. The Morgan fingerprint density at radius 1 is 0.277 bits per heavy atom. The Kier molecular flexibility index (Phi) is 26.0. The summed E-state index contributed by atoms with van der Waals surface area (Å²) in [7, 11) is 0. The van der Waals surface area contributed by atoms with Crippen LogP contribution in [0.25, 0.3) is 43.7 Å². The zero-order valence-electron chi connectivity index (χ0n) is 43.5. The van der Waals surface area contributed by atoms with Gasteiger partial charge in [-0.3, -0.25) is 24.9 Å². The molecule has 352 valence electrons. The van der Waals surface area contributed by atoms with Gasteiger partial charge in [-0.2, -0.15) is 0 Å². The van der Waals surface area contributed by atoms with Crippen LogP contribution < -0.4 is 0 Å². The Morgan fingerprint density at radius 2 is 0.523 bits per heavy atom. The number of benzene rings is 3. The molecular formula is C60H87N5. The van der Waals surface area contributed by atoms with E-state index in [2.05, 4.69) is 169 Å². The maximum atomic E-state index is 4.45. The number of pyridine rings is 5. The van der Waals surface area contributed by atoms with Gasteiger partial charge in [0.05, 0.1) is 27.6 Å². The summed E-state index contributed by atoms with van der Waals surface area (Å²) in [6, 6.07) is 37.3. The van der Waals surface area contributed by atoms with Crippen LogP contribution in [-0.4, -0.2) is 24.9 Å². The summed E-state index contributed by atoms with van der Waals surface area (Å²) < 4.78 is 0. The highest BCUT2D eigenvalue weighted by Crippen LogP contribution is 2.27. The Balaban J connectivity index is 0.000000794. The molecule has 0 radical (unpaired) electrons. The number of para-hydroxylation sites is 3. The van der Waals surface area contributed by atoms with Gasteiger partial charge in [0.1, 0.15) is 0 Å². The molecule has 0 unspecified atom stereocenters. The van der Waals surface area contributed by atoms with Crippen molar-refractivity contribution in [2.24, 2.45) is 0 Å². The van der Waals surface area contributed by atoms with Crippen molar-refractivity contribution in [3.63, 3.8) is 0 Å². The Morgan fingerprint density at radius 3 is 0.815 bits per heavy atom. The predicted octanol–water partition coefficient (Wildman–Crippen LogP) is 18.3. The summed E-state index contributed by atoms with van der Waals surface area (Å²) >= 11 is 0. The summed E-state index contributed by atoms with van der Waals surface area (Å²) in [5.41, 5.74) is 10.9. The molecule has 65 heavy (non-hydrogen) atoms. The Hall–Kier alpha value is -5.55. The van der Waals surface area contributed by atoms with Gasteiger partial charge >= 0.3 is 0 Å². The minimum Gasteiger partial charge on any atom is -0.256 e. The lowest BCUT2D eigenvalue weighted by Gasteiger charge is -2.18. The highest BCUT2D eigenvalue weighted by Gasteiger charge is 2.17. The molecule has 0 saturated heterocycles. The molecule has 3 aromatic carbocycles. The molecule has 0 amide bonds. The van der Waals surface area contributed by atoms with Crippen molar-refractivity contribution in [3.05, 3.63) is 162 Å². The molecule has 5 heteroatoms. The maximum absolute atomic E-state index is 4.45. The first-order chi connectivity index (χ1) is 30.3. The average molecular weight is 878 g/mol. The zero-order chi connectivity index (χ0) is 48.7. The highest BCUT2D eigenvalue weighted by atomic mass is 14.7. The lowest BCUT2D eigenvalue weighted by atomic mass is 9.88. The molecule has 0 aliphatic heterocycles. The second kappa shape index (κ2) is 28.4. The highest BCUT2D eigenvalue weighted by molar-refractivity contribution is 5.80. The van der Waals surface area contributed by atoms with Crippen molar-refractivity contribution in [1.82, 2.24) is 24.9 Å². The number of aromatic nitrogens is 5. The molecule has 5 nitrogen and oxygen atoms in total. The number of hydrogen-bond donors (Lipinski definition) is 0. The van der Waals surface area contributed by atoms with Crippen LogP contribution in [0.1, 0.15) is 168 Å². The maximum Gasteiger partial charge on any atom is 0.0889 e. The van der Waals surface area contributed by atoms with E-state index in [-0.39, 0.29) is 29.1 Å². The van der Waals surface area contributed by atoms with Gasteiger partial charge in [-0.25, -0.2) is 0 Å². The predicted molar refractivity (Wildman–Crippen MR) is 292 cm³/mol. The van der Waals surface area contributed by atoms with Gasteiger partial charge in [0.25, 0.3) is 0 Å². The molecule has 0 aliphatic carbocycles. The van der Waals surface area contributed by atoms with E-state index in [0.717, 1.165) is 27.6 Å². The first kappa shape index (κ1) is 59.5. The third-order valence-electron chi connectivity index (χ3n) is 9.69. The summed E-state index contributed by atoms with van der Waals surface area (Å²) in [5.74, 6) is 0. The van der Waals surface area contributed by atoms with E-state index in [0.29, 0.717) is 0 Å². The van der Waals surface area contributed by atoms with Crippen molar-refractivity contribution in [2.45, 2.75) is 168 Å². The molecule has 5 aromatic heterocycles. The van der Waals surface area contributed by atoms with Crippen LogP contribution in [-0.2, 0) is 21.7 Å². The third-order valence-corrected chi connectivity index (χ3v) is 9.69. The fraction of sp³-hybridized carbons (Fsp3) is 0.417. The molecule has 0 fully saturated rings. The van der Waals surface area contributed by atoms with Crippen molar-refractivity contribution >= 4 is 43.7 Å². The molecule has 8 aromatic rings. The SMILES string of the molecule is C.CC.CC.CC.CC.CC(C)(C)c1cnc2ccccc2c1.CC(C)(C)c1cnc2ccccc2c1.CC(C)(C)c1cnc2ccccc2c1.CC(C)(C)c1cnc2cccnc2c1. The van der Waals surface area contributed by atoms with Crippen molar-refractivity contribution in [2.75, 3.05) is 0 Å². The molecule has 5 heterocycles. The smallest absolute Gasteiger partial charge is 0.0889 e. The quantitative estimate of drug-likeness (QED) is 0.152. The van der Waals surface area contributed by atoms with Crippen LogP contribution in [0.3, 0.4) is 0 Å². The van der Waals surface area contributed by atoms with Gasteiger partial charge < -0.3 is 0 Å². The zero-order valence-corrected chi connectivity index (χ0v) is 43.5. The number of fused-ring (bicyclic) bond motifs is 4. The Labute approximate surface area is 397 Å². The summed E-state index contributed by atoms with van der Waals surface area (Å²) in [6.07, 6.45) is 9.66. The van der Waals surface area contributed by atoms with Crippen LogP contribution in [0.2, 0.25) is 0 Å². The van der Waals surface area contributed by atoms with Crippen molar-refractivity contribution in [1.29, 1.82) is 0 Å². The van der Waals surface area contributed by atoms with Crippen LogP contribution in [0.5, 0.6) is 0 Å². The van der Waals surface area contributed by atoms with Gasteiger partial charge in [0, 0.05) is 47.1 Å². The Bertz CT molecular complexity index is 2170. The van der Waals surface area contributed by atoms with E-state index in [9.17, 15) is 0 Å². The van der Waals surface area contributed by atoms with Gasteiger partial charge in [0.15, 0.2) is 0 Å². The molecule has 0 aliphatic rings.